The van der Waals surface area contributed by atoms with Gasteiger partial charge in [-0.25, -0.2) is 0 Å². The van der Waals surface area contributed by atoms with Gasteiger partial charge in [0.1, 0.15) is 0 Å². The van der Waals surface area contributed by atoms with Gasteiger partial charge >= 0.3 is 5.97 Å². The van der Waals surface area contributed by atoms with Crippen molar-refractivity contribution in [2.24, 2.45) is 0 Å². The molecule has 2 N–H and O–H groups in total. The normalized spacial score (nSPS) is 10.8. The SMILES string of the molecule is CCC(CC)c1cc(C(=O)NCCCCCC(=O)O)on1. The van der Waals surface area contributed by atoms with Crippen molar-refractivity contribution >= 4 is 11.9 Å². The topological polar surface area (TPSA) is 92.4 Å². The number of unbranched alkanes of at least 4 members (excludes halogenated alkanes) is 2. The molecule has 0 saturated carbocycles. The maximum Gasteiger partial charge on any atom is 0.303 e. The summed E-state index contributed by atoms with van der Waals surface area (Å²) in [6, 6.07) is 1.71. The van der Waals surface area contributed by atoms with E-state index >= 15 is 0 Å². The van der Waals surface area contributed by atoms with Gasteiger partial charge in [0.25, 0.3) is 5.91 Å². The predicted molar refractivity (Wildman–Crippen MR) is 78.3 cm³/mol. The van der Waals surface area contributed by atoms with Gasteiger partial charge in [-0.15, -0.1) is 0 Å². The summed E-state index contributed by atoms with van der Waals surface area (Å²) in [5.41, 5.74) is 0.826. The zero-order valence-corrected chi connectivity index (χ0v) is 12.7. The number of hydrogen-bond donors (Lipinski definition) is 2. The summed E-state index contributed by atoms with van der Waals surface area (Å²) in [7, 11) is 0. The molecule has 0 aromatic carbocycles. The van der Waals surface area contributed by atoms with Crippen molar-refractivity contribution in [1.29, 1.82) is 0 Å². The Morgan fingerprint density at radius 1 is 1.29 bits per heavy atom. The zero-order valence-electron chi connectivity index (χ0n) is 12.7. The zero-order chi connectivity index (χ0) is 15.7. The second kappa shape index (κ2) is 9.15. The average Bonchev–Trinajstić information content (AvgIpc) is 2.93. The van der Waals surface area contributed by atoms with Crippen LogP contribution in [0.3, 0.4) is 0 Å². The van der Waals surface area contributed by atoms with Crippen LogP contribution in [0.5, 0.6) is 0 Å². The third-order valence-electron chi connectivity index (χ3n) is 3.51. The summed E-state index contributed by atoms with van der Waals surface area (Å²) in [6.45, 7) is 4.68. The van der Waals surface area contributed by atoms with Crippen molar-refractivity contribution in [1.82, 2.24) is 10.5 Å². The number of aromatic nitrogens is 1. The van der Waals surface area contributed by atoms with E-state index < -0.39 is 5.97 Å². The number of aliphatic carboxylic acids is 1. The fourth-order valence-corrected chi connectivity index (χ4v) is 2.16. The van der Waals surface area contributed by atoms with Crippen LogP contribution in [0.25, 0.3) is 0 Å². The number of carboxylic acids is 1. The van der Waals surface area contributed by atoms with Gasteiger partial charge in [0.05, 0.1) is 5.69 Å². The Kier molecular flexibility index (Phi) is 7.50. The van der Waals surface area contributed by atoms with E-state index in [2.05, 4.69) is 24.3 Å². The molecule has 6 heteroatoms. The number of carbonyl (C=O) groups excluding carboxylic acids is 1. The molecule has 1 heterocycles. The summed E-state index contributed by atoms with van der Waals surface area (Å²) in [4.78, 5) is 22.2. The highest BCUT2D eigenvalue weighted by molar-refractivity contribution is 5.91. The molecule has 0 saturated heterocycles. The largest absolute Gasteiger partial charge is 0.481 e. The third kappa shape index (κ3) is 5.97. The van der Waals surface area contributed by atoms with E-state index in [1.165, 1.54) is 0 Å². The molecule has 0 aliphatic heterocycles. The molecule has 21 heavy (non-hydrogen) atoms. The van der Waals surface area contributed by atoms with E-state index in [9.17, 15) is 9.59 Å². The van der Waals surface area contributed by atoms with Crippen LogP contribution in [-0.2, 0) is 4.79 Å². The molecule has 0 unspecified atom stereocenters. The third-order valence-corrected chi connectivity index (χ3v) is 3.51. The number of nitrogens with one attached hydrogen (secondary N) is 1. The molecule has 6 nitrogen and oxygen atoms in total. The van der Waals surface area contributed by atoms with E-state index in [0.29, 0.717) is 18.9 Å². The molecule has 1 amide bonds. The fraction of sp³-hybridized carbons (Fsp3) is 0.667. The summed E-state index contributed by atoms with van der Waals surface area (Å²) in [5, 5.41) is 15.2. The van der Waals surface area contributed by atoms with Gasteiger partial charge < -0.3 is 14.9 Å². The van der Waals surface area contributed by atoms with Crippen molar-refractivity contribution in [2.45, 2.75) is 58.3 Å². The van der Waals surface area contributed by atoms with Crippen LogP contribution in [0, 0.1) is 0 Å². The number of carboxylic acid groups (broad SMARTS) is 1. The van der Waals surface area contributed by atoms with Crippen LogP contribution in [-0.4, -0.2) is 28.7 Å². The van der Waals surface area contributed by atoms with Gasteiger partial charge in [-0.3, -0.25) is 9.59 Å². The van der Waals surface area contributed by atoms with Gasteiger partial charge in [0.2, 0.25) is 5.76 Å². The van der Waals surface area contributed by atoms with Crippen LogP contribution in [0.4, 0.5) is 0 Å². The highest BCUT2D eigenvalue weighted by Gasteiger charge is 2.16. The first-order valence-electron chi connectivity index (χ1n) is 7.55. The number of hydrogen-bond acceptors (Lipinski definition) is 4. The Labute approximate surface area is 124 Å². The fourth-order valence-electron chi connectivity index (χ4n) is 2.16. The van der Waals surface area contributed by atoms with Gasteiger partial charge in [-0.2, -0.15) is 0 Å². The molecular formula is C15H24N2O4. The van der Waals surface area contributed by atoms with Gasteiger partial charge in [-0.05, 0) is 25.7 Å². The van der Waals surface area contributed by atoms with E-state index in [-0.39, 0.29) is 18.1 Å². The second-order valence-corrected chi connectivity index (χ2v) is 5.09. The maximum atomic E-state index is 11.9. The molecule has 0 fully saturated rings. The minimum Gasteiger partial charge on any atom is -0.481 e. The minimum atomic E-state index is -0.783. The van der Waals surface area contributed by atoms with Crippen LogP contribution in [0.2, 0.25) is 0 Å². The quantitative estimate of drug-likeness (QED) is 0.647. The summed E-state index contributed by atoms with van der Waals surface area (Å²) in [6.07, 6.45) is 4.27. The van der Waals surface area contributed by atoms with E-state index in [1.54, 1.807) is 6.07 Å². The highest BCUT2D eigenvalue weighted by atomic mass is 16.5. The Morgan fingerprint density at radius 3 is 2.62 bits per heavy atom. The van der Waals surface area contributed by atoms with Gasteiger partial charge in [-0.1, -0.05) is 25.4 Å². The molecule has 0 aliphatic rings. The van der Waals surface area contributed by atoms with Crippen molar-refractivity contribution in [3.63, 3.8) is 0 Å². The maximum absolute atomic E-state index is 11.9. The smallest absolute Gasteiger partial charge is 0.303 e. The number of carbonyl (C=O) groups is 2. The van der Waals surface area contributed by atoms with Gasteiger partial charge in [0, 0.05) is 24.9 Å². The molecule has 0 atom stereocenters. The predicted octanol–water partition coefficient (Wildman–Crippen LogP) is 2.95. The lowest BCUT2D eigenvalue weighted by atomic mass is 9.99. The van der Waals surface area contributed by atoms with Crippen molar-refractivity contribution in [2.75, 3.05) is 6.54 Å². The Balaban J connectivity index is 2.31. The lowest BCUT2D eigenvalue weighted by Gasteiger charge is -2.05. The van der Waals surface area contributed by atoms with Crippen molar-refractivity contribution in [3.05, 3.63) is 17.5 Å². The Bertz CT molecular complexity index is 452. The number of rotatable bonds is 10. The van der Waals surface area contributed by atoms with Crippen molar-refractivity contribution in [3.8, 4) is 0 Å². The molecule has 0 radical (unpaired) electrons. The average molecular weight is 296 g/mol. The summed E-state index contributed by atoms with van der Waals surface area (Å²) in [5.74, 6) is -0.485. The molecule has 0 spiro atoms. The number of amides is 1. The first kappa shape index (κ1) is 17.2. The minimum absolute atomic E-state index is 0.175. The molecular weight excluding hydrogens is 272 g/mol. The Morgan fingerprint density at radius 2 is 2.00 bits per heavy atom. The highest BCUT2D eigenvalue weighted by Crippen LogP contribution is 2.22. The summed E-state index contributed by atoms with van der Waals surface area (Å²) < 4.78 is 5.08. The van der Waals surface area contributed by atoms with E-state index in [0.717, 1.165) is 31.4 Å². The monoisotopic (exact) mass is 296 g/mol. The molecule has 0 aliphatic carbocycles. The molecule has 1 aromatic rings. The van der Waals surface area contributed by atoms with Crippen LogP contribution in [0.1, 0.15) is 74.5 Å². The molecule has 1 aromatic heterocycles. The van der Waals surface area contributed by atoms with Crippen LogP contribution in [0.15, 0.2) is 10.6 Å². The van der Waals surface area contributed by atoms with Crippen LogP contribution < -0.4 is 5.32 Å². The number of nitrogens with zero attached hydrogens (tertiary/aromatic N) is 1. The van der Waals surface area contributed by atoms with E-state index in [1.807, 2.05) is 0 Å². The molecule has 1 rings (SSSR count). The van der Waals surface area contributed by atoms with Gasteiger partial charge in [0.15, 0.2) is 0 Å². The first-order valence-corrected chi connectivity index (χ1v) is 7.55. The standard InChI is InChI=1S/C15H24N2O4/c1-3-11(4-2)12-10-13(21-17-12)15(20)16-9-7-5-6-8-14(18)19/h10-11H,3-9H2,1-2H3,(H,16,20)(H,18,19). The summed E-state index contributed by atoms with van der Waals surface area (Å²) >= 11 is 0. The van der Waals surface area contributed by atoms with Crippen LogP contribution >= 0.6 is 0 Å². The second-order valence-electron chi connectivity index (χ2n) is 5.09. The Hall–Kier alpha value is -1.85. The van der Waals surface area contributed by atoms with Crippen molar-refractivity contribution < 1.29 is 19.2 Å². The first-order chi connectivity index (χ1) is 10.1. The lowest BCUT2D eigenvalue weighted by Crippen LogP contribution is -2.24. The molecule has 118 valence electrons. The lowest BCUT2D eigenvalue weighted by molar-refractivity contribution is -0.137. The molecule has 0 bridgehead atoms. The van der Waals surface area contributed by atoms with E-state index in [4.69, 9.17) is 9.63 Å².